The summed E-state index contributed by atoms with van der Waals surface area (Å²) in [5, 5.41) is 0. The third-order valence-corrected chi connectivity index (χ3v) is 2.98. The second kappa shape index (κ2) is 7.67. The number of unbranched alkanes of at least 4 members (excludes halogenated alkanes) is 2. The normalized spacial score (nSPS) is 10.1. The minimum Gasteiger partial charge on any atom is -0.493 e. The zero-order valence-electron chi connectivity index (χ0n) is 12.1. The maximum absolute atomic E-state index is 11.2. The Morgan fingerprint density at radius 2 is 1.89 bits per heavy atom. The molecule has 0 bridgehead atoms. The molecule has 0 aromatic heterocycles. The molecule has 0 N–H and O–H groups in total. The molecule has 0 atom stereocenters. The van der Waals surface area contributed by atoms with Gasteiger partial charge in [0.2, 0.25) is 5.75 Å². The van der Waals surface area contributed by atoms with E-state index in [4.69, 9.17) is 14.2 Å². The second-order valence-corrected chi connectivity index (χ2v) is 4.35. The summed E-state index contributed by atoms with van der Waals surface area (Å²) in [5.74, 6) is 1.55. The van der Waals surface area contributed by atoms with Crippen LogP contribution in [0.15, 0.2) is 6.07 Å². The molecular formula is C15H22O4. The van der Waals surface area contributed by atoms with E-state index in [1.807, 2.05) is 6.92 Å². The van der Waals surface area contributed by atoms with Crippen LogP contribution in [0, 0.1) is 6.92 Å². The molecule has 1 aromatic rings. The first kappa shape index (κ1) is 15.3. The number of benzene rings is 1. The van der Waals surface area contributed by atoms with E-state index in [-0.39, 0.29) is 0 Å². The van der Waals surface area contributed by atoms with E-state index in [9.17, 15) is 4.79 Å². The highest BCUT2D eigenvalue weighted by molar-refractivity contribution is 5.84. The van der Waals surface area contributed by atoms with Crippen molar-refractivity contribution in [2.45, 2.75) is 33.1 Å². The number of aryl methyl sites for hydroxylation is 1. The Morgan fingerprint density at radius 3 is 2.42 bits per heavy atom. The number of carbonyl (C=O) groups excluding carboxylic acids is 1. The van der Waals surface area contributed by atoms with Crippen LogP contribution in [0.2, 0.25) is 0 Å². The maximum Gasteiger partial charge on any atom is 0.204 e. The van der Waals surface area contributed by atoms with Gasteiger partial charge in [0.25, 0.3) is 0 Å². The van der Waals surface area contributed by atoms with Crippen LogP contribution in [0.25, 0.3) is 0 Å². The molecule has 1 aromatic carbocycles. The summed E-state index contributed by atoms with van der Waals surface area (Å²) in [5.41, 5.74) is 1.32. The number of carbonyl (C=O) groups is 1. The van der Waals surface area contributed by atoms with Crippen LogP contribution in [0.4, 0.5) is 0 Å². The van der Waals surface area contributed by atoms with E-state index >= 15 is 0 Å². The summed E-state index contributed by atoms with van der Waals surface area (Å²) in [6.45, 7) is 4.56. The minimum atomic E-state index is 0.448. The van der Waals surface area contributed by atoms with Gasteiger partial charge in [0, 0.05) is 0 Å². The van der Waals surface area contributed by atoms with Gasteiger partial charge < -0.3 is 14.2 Å². The van der Waals surface area contributed by atoms with Crippen molar-refractivity contribution in [3.05, 3.63) is 17.2 Å². The first-order chi connectivity index (χ1) is 9.19. The molecular weight excluding hydrogens is 244 g/mol. The minimum absolute atomic E-state index is 0.448. The van der Waals surface area contributed by atoms with Gasteiger partial charge >= 0.3 is 0 Å². The Hall–Kier alpha value is -1.71. The van der Waals surface area contributed by atoms with E-state index in [1.54, 1.807) is 13.2 Å². The standard InChI is InChI=1S/C15H22O4/c1-5-6-7-8-19-15-13(17-3)9-11(2)12(10-16)14(15)18-4/h9-10H,5-8H2,1-4H3. The Kier molecular flexibility index (Phi) is 6.19. The molecule has 0 saturated carbocycles. The monoisotopic (exact) mass is 266 g/mol. The zero-order valence-corrected chi connectivity index (χ0v) is 12.1. The van der Waals surface area contributed by atoms with Gasteiger partial charge in [-0.15, -0.1) is 0 Å². The smallest absolute Gasteiger partial charge is 0.204 e. The number of ether oxygens (including phenoxy) is 3. The Morgan fingerprint density at radius 1 is 1.16 bits per heavy atom. The number of hydrogen-bond donors (Lipinski definition) is 0. The van der Waals surface area contributed by atoms with Crippen molar-refractivity contribution in [1.82, 2.24) is 0 Å². The molecule has 0 saturated heterocycles. The quantitative estimate of drug-likeness (QED) is 0.534. The van der Waals surface area contributed by atoms with Crippen molar-refractivity contribution in [3.8, 4) is 17.2 Å². The van der Waals surface area contributed by atoms with Gasteiger partial charge in [0.05, 0.1) is 26.4 Å². The van der Waals surface area contributed by atoms with Crippen molar-refractivity contribution in [2.24, 2.45) is 0 Å². The Labute approximate surface area is 114 Å². The van der Waals surface area contributed by atoms with Crippen molar-refractivity contribution >= 4 is 6.29 Å². The summed E-state index contributed by atoms with van der Waals surface area (Å²) >= 11 is 0. The van der Waals surface area contributed by atoms with Crippen LogP contribution in [0.1, 0.15) is 42.1 Å². The predicted molar refractivity (Wildman–Crippen MR) is 74.7 cm³/mol. The van der Waals surface area contributed by atoms with Gasteiger partial charge in [-0.05, 0) is 25.0 Å². The summed E-state index contributed by atoms with van der Waals surface area (Å²) in [6.07, 6.45) is 3.99. The first-order valence-electron chi connectivity index (χ1n) is 6.53. The van der Waals surface area contributed by atoms with Crippen LogP contribution < -0.4 is 14.2 Å². The third-order valence-electron chi connectivity index (χ3n) is 2.98. The van der Waals surface area contributed by atoms with E-state index in [0.717, 1.165) is 31.1 Å². The number of hydrogen-bond acceptors (Lipinski definition) is 4. The summed E-state index contributed by atoms with van der Waals surface area (Å²) in [6, 6.07) is 1.79. The molecule has 0 aliphatic carbocycles. The van der Waals surface area contributed by atoms with E-state index in [2.05, 4.69) is 6.92 Å². The fourth-order valence-corrected chi connectivity index (χ4v) is 1.92. The average molecular weight is 266 g/mol. The van der Waals surface area contributed by atoms with Crippen molar-refractivity contribution in [1.29, 1.82) is 0 Å². The van der Waals surface area contributed by atoms with Crippen LogP contribution in [-0.2, 0) is 0 Å². The van der Waals surface area contributed by atoms with Gasteiger partial charge in [-0.2, -0.15) is 0 Å². The number of aldehydes is 1. The van der Waals surface area contributed by atoms with Gasteiger partial charge in [0.15, 0.2) is 17.8 Å². The molecule has 19 heavy (non-hydrogen) atoms. The number of rotatable bonds is 8. The second-order valence-electron chi connectivity index (χ2n) is 4.35. The van der Waals surface area contributed by atoms with Crippen LogP contribution >= 0.6 is 0 Å². The summed E-state index contributed by atoms with van der Waals surface area (Å²) in [4.78, 5) is 11.2. The lowest BCUT2D eigenvalue weighted by Gasteiger charge is -2.17. The van der Waals surface area contributed by atoms with Gasteiger partial charge in [0.1, 0.15) is 0 Å². The van der Waals surface area contributed by atoms with Crippen molar-refractivity contribution in [2.75, 3.05) is 20.8 Å². The molecule has 0 aliphatic rings. The maximum atomic E-state index is 11.2. The average Bonchev–Trinajstić information content (AvgIpc) is 2.43. The van der Waals surface area contributed by atoms with Crippen LogP contribution in [0.3, 0.4) is 0 Å². The zero-order chi connectivity index (χ0) is 14.3. The molecule has 106 valence electrons. The van der Waals surface area contributed by atoms with E-state index in [0.29, 0.717) is 29.4 Å². The van der Waals surface area contributed by atoms with Crippen molar-refractivity contribution in [3.63, 3.8) is 0 Å². The highest BCUT2D eigenvalue weighted by Crippen LogP contribution is 2.41. The lowest BCUT2D eigenvalue weighted by atomic mass is 10.1. The summed E-state index contributed by atoms with van der Waals surface area (Å²) in [7, 11) is 3.10. The van der Waals surface area contributed by atoms with Crippen LogP contribution in [0.5, 0.6) is 17.2 Å². The molecule has 0 aliphatic heterocycles. The van der Waals surface area contributed by atoms with E-state index < -0.39 is 0 Å². The van der Waals surface area contributed by atoms with Crippen molar-refractivity contribution < 1.29 is 19.0 Å². The molecule has 0 spiro atoms. The van der Waals surface area contributed by atoms with E-state index in [1.165, 1.54) is 7.11 Å². The molecule has 4 nitrogen and oxygen atoms in total. The SMILES string of the molecule is CCCCCOc1c(OC)cc(C)c(C=O)c1OC. The molecule has 0 fully saturated rings. The number of methoxy groups -OCH3 is 2. The summed E-state index contributed by atoms with van der Waals surface area (Å²) < 4.78 is 16.4. The lowest BCUT2D eigenvalue weighted by molar-refractivity contribution is 0.111. The lowest BCUT2D eigenvalue weighted by Crippen LogP contribution is -2.04. The topological polar surface area (TPSA) is 44.8 Å². The fraction of sp³-hybridized carbons (Fsp3) is 0.533. The molecule has 0 heterocycles. The highest BCUT2D eigenvalue weighted by Gasteiger charge is 2.18. The predicted octanol–water partition coefficient (Wildman–Crippen LogP) is 3.39. The fourth-order valence-electron chi connectivity index (χ4n) is 1.92. The Bertz CT molecular complexity index is 427. The molecule has 0 amide bonds. The highest BCUT2D eigenvalue weighted by atomic mass is 16.5. The molecule has 1 rings (SSSR count). The largest absolute Gasteiger partial charge is 0.493 e. The molecule has 0 unspecified atom stereocenters. The molecule has 4 heteroatoms. The van der Waals surface area contributed by atoms with Crippen LogP contribution in [-0.4, -0.2) is 27.1 Å². The van der Waals surface area contributed by atoms with Gasteiger partial charge in [-0.3, -0.25) is 4.79 Å². The van der Waals surface area contributed by atoms with Gasteiger partial charge in [-0.25, -0.2) is 0 Å². The molecule has 0 radical (unpaired) electrons. The van der Waals surface area contributed by atoms with Gasteiger partial charge in [-0.1, -0.05) is 19.8 Å². The Balaban J connectivity index is 3.07. The first-order valence-corrected chi connectivity index (χ1v) is 6.53. The third kappa shape index (κ3) is 3.63.